The van der Waals surface area contributed by atoms with Crippen LogP contribution in [0.1, 0.15) is 19.8 Å². The van der Waals surface area contributed by atoms with Crippen LogP contribution in [0.15, 0.2) is 12.2 Å². The van der Waals surface area contributed by atoms with Crippen molar-refractivity contribution in [2.24, 2.45) is 23.7 Å². The molecule has 0 heterocycles. The number of hydrogen-bond acceptors (Lipinski definition) is 3. The summed E-state index contributed by atoms with van der Waals surface area (Å²) in [5.41, 5.74) is 0. The molecular weight excluding hydrogens is 230 g/mol. The zero-order valence-electron chi connectivity index (χ0n) is 11.3. The third-order valence-electron chi connectivity index (χ3n) is 4.12. The smallest absolute Gasteiger partial charge is 0.310 e. The lowest BCUT2D eigenvalue weighted by Crippen LogP contribution is -2.39. The van der Waals surface area contributed by atoms with Crippen LogP contribution in [0, 0.1) is 23.7 Å². The van der Waals surface area contributed by atoms with Gasteiger partial charge < -0.3 is 9.64 Å². The normalized spacial score (nSPS) is 30.3. The number of carbonyl (C=O) groups is 2. The second-order valence-corrected chi connectivity index (χ2v) is 5.53. The summed E-state index contributed by atoms with van der Waals surface area (Å²) in [5.74, 6) is 0.770. The molecule has 4 atom stereocenters. The quantitative estimate of drug-likeness (QED) is 0.561. The molecule has 0 spiro atoms. The average Bonchev–Trinajstić information content (AvgIpc) is 2.98. The van der Waals surface area contributed by atoms with Gasteiger partial charge in [-0.3, -0.25) is 9.59 Å². The number of rotatable bonds is 4. The van der Waals surface area contributed by atoms with E-state index in [0.717, 1.165) is 12.8 Å². The van der Waals surface area contributed by atoms with Crippen molar-refractivity contribution in [3.63, 3.8) is 0 Å². The molecule has 4 nitrogen and oxygen atoms in total. The zero-order valence-corrected chi connectivity index (χ0v) is 11.3. The molecule has 0 aliphatic heterocycles. The molecule has 0 N–H and O–H groups in total. The van der Waals surface area contributed by atoms with Gasteiger partial charge in [-0.15, -0.1) is 0 Å². The number of amides is 1. The molecule has 0 radical (unpaired) electrons. The molecule has 2 bridgehead atoms. The fourth-order valence-electron chi connectivity index (χ4n) is 3.12. The Morgan fingerprint density at radius 3 is 2.61 bits per heavy atom. The molecular formula is C14H21NO3. The standard InChI is InChI=1S/C14H21NO3/c1-9(14(17)18-3)8-15(2)13(16)12-7-10-4-5-11(12)6-10/h4-5,9-12H,6-8H2,1-3H3. The molecule has 0 aromatic heterocycles. The SMILES string of the molecule is COC(=O)C(C)CN(C)C(=O)C1CC2C=CC1C2. The van der Waals surface area contributed by atoms with Gasteiger partial charge in [-0.25, -0.2) is 0 Å². The van der Waals surface area contributed by atoms with Crippen molar-refractivity contribution in [2.45, 2.75) is 19.8 Å². The first-order valence-electron chi connectivity index (χ1n) is 6.54. The van der Waals surface area contributed by atoms with E-state index in [4.69, 9.17) is 0 Å². The molecule has 0 aromatic rings. The fourth-order valence-corrected chi connectivity index (χ4v) is 3.12. The van der Waals surface area contributed by atoms with Gasteiger partial charge in [0.05, 0.1) is 13.0 Å². The maximum Gasteiger partial charge on any atom is 0.310 e. The first-order valence-corrected chi connectivity index (χ1v) is 6.54. The van der Waals surface area contributed by atoms with Crippen LogP contribution in [0.4, 0.5) is 0 Å². The summed E-state index contributed by atoms with van der Waals surface area (Å²) in [5, 5.41) is 0. The summed E-state index contributed by atoms with van der Waals surface area (Å²) < 4.78 is 4.68. The molecule has 1 saturated carbocycles. The van der Waals surface area contributed by atoms with Gasteiger partial charge in [-0.2, -0.15) is 0 Å². The lowest BCUT2D eigenvalue weighted by Gasteiger charge is -2.26. The molecule has 2 aliphatic rings. The first-order chi connectivity index (χ1) is 8.52. The van der Waals surface area contributed by atoms with E-state index in [9.17, 15) is 9.59 Å². The molecule has 4 unspecified atom stereocenters. The summed E-state index contributed by atoms with van der Waals surface area (Å²) in [6.07, 6.45) is 6.49. The van der Waals surface area contributed by atoms with Crippen LogP contribution in [0.2, 0.25) is 0 Å². The minimum atomic E-state index is -0.266. The Hall–Kier alpha value is -1.32. The lowest BCUT2D eigenvalue weighted by molar-refractivity contribution is -0.146. The van der Waals surface area contributed by atoms with Gasteiger partial charge in [0.15, 0.2) is 0 Å². The highest BCUT2D eigenvalue weighted by Crippen LogP contribution is 2.44. The number of hydrogen-bond donors (Lipinski definition) is 0. The molecule has 2 aliphatic carbocycles. The number of nitrogens with zero attached hydrogens (tertiary/aromatic N) is 1. The highest BCUT2D eigenvalue weighted by molar-refractivity contribution is 5.81. The molecule has 1 amide bonds. The summed E-state index contributed by atoms with van der Waals surface area (Å²) in [4.78, 5) is 25.4. The Balaban J connectivity index is 1.89. The summed E-state index contributed by atoms with van der Waals surface area (Å²) >= 11 is 0. The van der Waals surface area contributed by atoms with Gasteiger partial charge in [0.25, 0.3) is 0 Å². The van der Waals surface area contributed by atoms with Gasteiger partial charge in [-0.1, -0.05) is 19.1 Å². The Morgan fingerprint density at radius 1 is 1.39 bits per heavy atom. The van der Waals surface area contributed by atoms with E-state index in [1.165, 1.54) is 7.11 Å². The van der Waals surface area contributed by atoms with E-state index < -0.39 is 0 Å². The molecule has 2 rings (SSSR count). The third kappa shape index (κ3) is 2.42. The number of fused-ring (bicyclic) bond motifs is 2. The molecule has 0 saturated heterocycles. The Labute approximate surface area is 108 Å². The number of esters is 1. The number of allylic oxidation sites excluding steroid dienone is 2. The summed E-state index contributed by atoms with van der Waals surface area (Å²) in [7, 11) is 3.15. The predicted molar refractivity (Wildman–Crippen MR) is 67.7 cm³/mol. The van der Waals surface area contributed by atoms with Crippen LogP contribution in [-0.4, -0.2) is 37.5 Å². The number of methoxy groups -OCH3 is 1. The Morgan fingerprint density at radius 2 is 2.11 bits per heavy atom. The van der Waals surface area contributed by atoms with Crippen LogP contribution in [-0.2, 0) is 14.3 Å². The van der Waals surface area contributed by atoms with Gasteiger partial charge in [0.1, 0.15) is 0 Å². The van der Waals surface area contributed by atoms with E-state index >= 15 is 0 Å². The van der Waals surface area contributed by atoms with Crippen molar-refractivity contribution in [1.29, 1.82) is 0 Å². The monoisotopic (exact) mass is 251 g/mol. The lowest BCUT2D eigenvalue weighted by atomic mass is 9.92. The van der Waals surface area contributed by atoms with E-state index in [1.807, 2.05) is 0 Å². The molecule has 1 fully saturated rings. The van der Waals surface area contributed by atoms with Crippen LogP contribution < -0.4 is 0 Å². The van der Waals surface area contributed by atoms with Crippen LogP contribution in [0.3, 0.4) is 0 Å². The molecule has 0 aromatic carbocycles. The fraction of sp³-hybridized carbons (Fsp3) is 0.714. The number of ether oxygens (including phenoxy) is 1. The van der Waals surface area contributed by atoms with Crippen LogP contribution in [0.5, 0.6) is 0 Å². The van der Waals surface area contributed by atoms with Crippen molar-refractivity contribution in [3.8, 4) is 0 Å². The molecule has 18 heavy (non-hydrogen) atoms. The largest absolute Gasteiger partial charge is 0.469 e. The summed E-state index contributed by atoms with van der Waals surface area (Å²) in [6, 6.07) is 0. The van der Waals surface area contributed by atoms with Crippen molar-refractivity contribution < 1.29 is 14.3 Å². The van der Waals surface area contributed by atoms with Crippen LogP contribution in [0.25, 0.3) is 0 Å². The zero-order chi connectivity index (χ0) is 13.3. The second kappa shape index (κ2) is 5.12. The summed E-state index contributed by atoms with van der Waals surface area (Å²) in [6.45, 7) is 2.22. The first kappa shape index (κ1) is 13.1. The minimum Gasteiger partial charge on any atom is -0.469 e. The van der Waals surface area contributed by atoms with Crippen molar-refractivity contribution in [1.82, 2.24) is 4.90 Å². The van der Waals surface area contributed by atoms with E-state index in [-0.39, 0.29) is 23.7 Å². The predicted octanol–water partition coefficient (Wildman–Crippen LogP) is 1.47. The highest BCUT2D eigenvalue weighted by atomic mass is 16.5. The Kier molecular flexibility index (Phi) is 3.73. The van der Waals surface area contributed by atoms with Gasteiger partial charge in [0, 0.05) is 19.5 Å². The van der Waals surface area contributed by atoms with E-state index in [0.29, 0.717) is 18.4 Å². The van der Waals surface area contributed by atoms with Crippen molar-refractivity contribution in [2.75, 3.05) is 20.7 Å². The highest BCUT2D eigenvalue weighted by Gasteiger charge is 2.41. The molecule has 4 heteroatoms. The van der Waals surface area contributed by atoms with Gasteiger partial charge in [0.2, 0.25) is 5.91 Å². The maximum atomic E-state index is 12.3. The molecule has 100 valence electrons. The second-order valence-electron chi connectivity index (χ2n) is 5.53. The van der Waals surface area contributed by atoms with E-state index in [2.05, 4.69) is 16.9 Å². The van der Waals surface area contributed by atoms with Crippen LogP contribution >= 0.6 is 0 Å². The Bertz CT molecular complexity index is 377. The average molecular weight is 251 g/mol. The maximum absolute atomic E-state index is 12.3. The van der Waals surface area contributed by atoms with Gasteiger partial charge in [-0.05, 0) is 24.7 Å². The third-order valence-corrected chi connectivity index (χ3v) is 4.12. The minimum absolute atomic E-state index is 0.120. The topological polar surface area (TPSA) is 46.6 Å². The van der Waals surface area contributed by atoms with Crippen molar-refractivity contribution in [3.05, 3.63) is 12.2 Å². The van der Waals surface area contributed by atoms with Crippen molar-refractivity contribution >= 4 is 11.9 Å². The van der Waals surface area contributed by atoms with Gasteiger partial charge >= 0.3 is 5.97 Å². The van der Waals surface area contributed by atoms with E-state index in [1.54, 1.807) is 18.9 Å². The number of carbonyl (C=O) groups excluding carboxylic acids is 2.